The van der Waals surface area contributed by atoms with Crippen molar-refractivity contribution in [2.24, 2.45) is 10.9 Å². The van der Waals surface area contributed by atoms with E-state index >= 15 is 0 Å². The van der Waals surface area contributed by atoms with Crippen LogP contribution in [-0.2, 0) is 9.47 Å². The van der Waals surface area contributed by atoms with Crippen LogP contribution < -0.4 is 10.6 Å². The van der Waals surface area contributed by atoms with Gasteiger partial charge in [-0.2, -0.15) is 0 Å². The quantitative estimate of drug-likeness (QED) is 0.412. The topological polar surface area (TPSA) is 54.9 Å². The molecule has 1 saturated heterocycles. The number of hydrogen-bond donors (Lipinski definition) is 2. The van der Waals surface area contributed by atoms with Crippen molar-refractivity contribution in [1.82, 2.24) is 10.6 Å². The fourth-order valence-corrected chi connectivity index (χ4v) is 2.80. The third-order valence-electron chi connectivity index (χ3n) is 3.90. The monoisotopic (exact) mass is 433 g/mol. The van der Waals surface area contributed by atoms with Gasteiger partial charge < -0.3 is 20.1 Å². The molecule has 0 amide bonds. The minimum Gasteiger partial charge on any atom is -0.383 e. The molecule has 5 nitrogen and oxygen atoms in total. The van der Waals surface area contributed by atoms with Crippen LogP contribution in [0.1, 0.15) is 25.0 Å². The third-order valence-corrected chi connectivity index (χ3v) is 3.90. The number of nitrogens with zero attached hydrogens (tertiary/aromatic N) is 1. The van der Waals surface area contributed by atoms with Gasteiger partial charge in [0.1, 0.15) is 0 Å². The fraction of sp³-hybridized carbons (Fsp3) is 0.588. The summed E-state index contributed by atoms with van der Waals surface area (Å²) in [7, 11) is 3.49. The van der Waals surface area contributed by atoms with Crippen LogP contribution >= 0.6 is 24.0 Å². The van der Waals surface area contributed by atoms with Crippen LogP contribution in [0.3, 0.4) is 0 Å². The lowest BCUT2D eigenvalue weighted by molar-refractivity contribution is 0.0915. The van der Waals surface area contributed by atoms with E-state index in [4.69, 9.17) is 9.47 Å². The van der Waals surface area contributed by atoms with Gasteiger partial charge in [0.25, 0.3) is 0 Å². The summed E-state index contributed by atoms with van der Waals surface area (Å²) in [6.07, 6.45) is 1.24. The maximum Gasteiger partial charge on any atom is 0.191 e. The molecule has 2 N–H and O–H groups in total. The number of aliphatic imine (C=N–C) groups is 1. The zero-order valence-electron chi connectivity index (χ0n) is 14.1. The summed E-state index contributed by atoms with van der Waals surface area (Å²) < 4.78 is 11.1. The first-order chi connectivity index (χ1) is 10.7. The van der Waals surface area contributed by atoms with Crippen LogP contribution in [0.25, 0.3) is 0 Å². The van der Waals surface area contributed by atoms with Gasteiger partial charge in [-0.05, 0) is 18.9 Å². The molecule has 130 valence electrons. The van der Waals surface area contributed by atoms with Crippen LogP contribution in [0.15, 0.2) is 35.3 Å². The zero-order chi connectivity index (χ0) is 15.8. The van der Waals surface area contributed by atoms with E-state index in [0.29, 0.717) is 12.5 Å². The molecule has 0 radical (unpaired) electrons. The van der Waals surface area contributed by atoms with Crippen LogP contribution in [0.4, 0.5) is 0 Å². The van der Waals surface area contributed by atoms with Crippen molar-refractivity contribution in [3.05, 3.63) is 35.9 Å². The third kappa shape index (κ3) is 6.27. The Labute approximate surface area is 156 Å². The van der Waals surface area contributed by atoms with Crippen molar-refractivity contribution in [1.29, 1.82) is 0 Å². The summed E-state index contributed by atoms with van der Waals surface area (Å²) in [5, 5.41) is 6.72. The minimum atomic E-state index is 0. The van der Waals surface area contributed by atoms with E-state index in [1.807, 2.05) is 6.07 Å². The molecule has 0 saturated carbocycles. The standard InChI is InChI=1S/C17H27N3O2.HI/c1-13(12-21-3)20-17(18-2)19-11-15-9-10-22-16(15)14-7-5-4-6-8-14;/h4-8,13,15-16H,9-12H2,1-3H3,(H2,18,19,20);1H. The van der Waals surface area contributed by atoms with Crippen molar-refractivity contribution in [2.75, 3.05) is 33.9 Å². The number of rotatable bonds is 6. The summed E-state index contributed by atoms with van der Waals surface area (Å²) in [5.74, 6) is 1.27. The van der Waals surface area contributed by atoms with E-state index < -0.39 is 0 Å². The largest absolute Gasteiger partial charge is 0.383 e. The maximum atomic E-state index is 5.92. The van der Waals surface area contributed by atoms with Crippen LogP contribution in [0, 0.1) is 5.92 Å². The average molecular weight is 433 g/mol. The fourth-order valence-electron chi connectivity index (χ4n) is 2.80. The maximum absolute atomic E-state index is 5.92. The smallest absolute Gasteiger partial charge is 0.191 e. The van der Waals surface area contributed by atoms with Crippen molar-refractivity contribution in [2.45, 2.75) is 25.5 Å². The molecule has 2 rings (SSSR count). The van der Waals surface area contributed by atoms with Crippen molar-refractivity contribution < 1.29 is 9.47 Å². The SMILES string of the molecule is CN=C(NCC1CCOC1c1ccccc1)NC(C)COC.I. The molecule has 1 fully saturated rings. The number of benzene rings is 1. The molecule has 0 bridgehead atoms. The van der Waals surface area contributed by atoms with Crippen LogP contribution in [-0.4, -0.2) is 45.9 Å². The van der Waals surface area contributed by atoms with E-state index in [-0.39, 0.29) is 36.1 Å². The lowest BCUT2D eigenvalue weighted by Gasteiger charge is -2.22. The Morgan fingerprint density at radius 1 is 1.39 bits per heavy atom. The minimum absolute atomic E-state index is 0. The predicted octanol–water partition coefficient (Wildman–Crippen LogP) is 2.58. The zero-order valence-corrected chi connectivity index (χ0v) is 16.4. The molecule has 3 atom stereocenters. The highest BCUT2D eigenvalue weighted by molar-refractivity contribution is 14.0. The highest BCUT2D eigenvalue weighted by atomic mass is 127. The lowest BCUT2D eigenvalue weighted by Crippen LogP contribution is -2.45. The lowest BCUT2D eigenvalue weighted by atomic mass is 9.95. The van der Waals surface area contributed by atoms with Gasteiger partial charge >= 0.3 is 0 Å². The first-order valence-electron chi connectivity index (χ1n) is 7.87. The van der Waals surface area contributed by atoms with Gasteiger partial charge in [-0.3, -0.25) is 4.99 Å². The van der Waals surface area contributed by atoms with E-state index in [0.717, 1.165) is 25.5 Å². The molecule has 1 aromatic rings. The normalized spacial score (nSPS) is 22.3. The molecule has 6 heteroatoms. The average Bonchev–Trinajstić information content (AvgIpc) is 3.01. The molecule has 1 aliphatic heterocycles. The van der Waals surface area contributed by atoms with E-state index in [9.17, 15) is 0 Å². The second-order valence-electron chi connectivity index (χ2n) is 5.70. The Hall–Kier alpha value is -0.860. The van der Waals surface area contributed by atoms with Crippen LogP contribution in [0.2, 0.25) is 0 Å². The number of hydrogen-bond acceptors (Lipinski definition) is 3. The predicted molar refractivity (Wildman–Crippen MR) is 104 cm³/mol. The van der Waals surface area contributed by atoms with Gasteiger partial charge in [0.15, 0.2) is 5.96 Å². The van der Waals surface area contributed by atoms with Crippen LogP contribution in [0.5, 0.6) is 0 Å². The number of halogens is 1. The number of guanidine groups is 1. The Kier molecular flexibility index (Phi) is 9.50. The Morgan fingerprint density at radius 3 is 2.78 bits per heavy atom. The van der Waals surface area contributed by atoms with Crippen molar-refractivity contribution >= 4 is 29.9 Å². The summed E-state index contributed by atoms with van der Waals surface area (Å²) in [6.45, 7) is 4.39. The summed E-state index contributed by atoms with van der Waals surface area (Å²) in [5.41, 5.74) is 1.25. The second-order valence-corrected chi connectivity index (χ2v) is 5.70. The van der Waals surface area contributed by atoms with E-state index in [1.165, 1.54) is 5.56 Å². The molecule has 0 aliphatic carbocycles. The summed E-state index contributed by atoms with van der Waals surface area (Å²) in [4.78, 5) is 4.27. The summed E-state index contributed by atoms with van der Waals surface area (Å²) >= 11 is 0. The Bertz CT molecular complexity index is 470. The first-order valence-corrected chi connectivity index (χ1v) is 7.87. The highest BCUT2D eigenvalue weighted by Crippen LogP contribution is 2.33. The van der Waals surface area contributed by atoms with Gasteiger partial charge in [-0.1, -0.05) is 30.3 Å². The van der Waals surface area contributed by atoms with Gasteiger partial charge in [0.2, 0.25) is 0 Å². The van der Waals surface area contributed by atoms with Gasteiger partial charge in [-0.15, -0.1) is 24.0 Å². The van der Waals surface area contributed by atoms with Crippen molar-refractivity contribution in [3.63, 3.8) is 0 Å². The molecule has 1 heterocycles. The number of methoxy groups -OCH3 is 1. The molecule has 3 unspecified atom stereocenters. The first kappa shape index (κ1) is 20.2. The molecule has 1 aromatic carbocycles. The summed E-state index contributed by atoms with van der Waals surface area (Å²) in [6, 6.07) is 10.7. The molecule has 0 spiro atoms. The molecular formula is C17H28IN3O2. The number of nitrogens with one attached hydrogen (secondary N) is 2. The van der Waals surface area contributed by atoms with Crippen molar-refractivity contribution in [3.8, 4) is 0 Å². The van der Waals surface area contributed by atoms with Gasteiger partial charge in [0, 0.05) is 39.3 Å². The Morgan fingerprint density at radius 2 is 2.13 bits per heavy atom. The highest BCUT2D eigenvalue weighted by Gasteiger charge is 2.29. The molecular weight excluding hydrogens is 405 g/mol. The molecule has 0 aromatic heterocycles. The van der Waals surface area contributed by atoms with E-state index in [1.54, 1.807) is 14.2 Å². The molecule has 1 aliphatic rings. The number of ether oxygens (including phenoxy) is 2. The Balaban J connectivity index is 0.00000264. The van der Waals surface area contributed by atoms with E-state index in [2.05, 4.69) is 46.8 Å². The second kappa shape index (κ2) is 10.8. The van der Waals surface area contributed by atoms with Gasteiger partial charge in [-0.25, -0.2) is 0 Å². The van der Waals surface area contributed by atoms with Gasteiger partial charge in [0.05, 0.1) is 12.7 Å². The molecule has 23 heavy (non-hydrogen) atoms.